The minimum Gasteiger partial charge on any atom is -0.507 e. The Bertz CT molecular complexity index is 2120. The number of phenols is 1. The standard InChI is InChI=1S/C15H7BrO3.C15H9BrO3/c16-8-5-6-12-10(7-8)14-15(19-12)13(17)9-3-1-2-4-11(9)18-14;16-9-5-6-12(17)11(7-9)15-8-13(18)10-3-1-2-4-14(10)19-15/h1-7H;1-8,17H. The zero-order chi connectivity index (χ0) is 26.4. The molecule has 0 aliphatic rings. The van der Waals surface area contributed by atoms with Crippen molar-refractivity contribution in [1.29, 1.82) is 0 Å². The summed E-state index contributed by atoms with van der Waals surface area (Å²) in [6, 6.07) is 26.2. The van der Waals surface area contributed by atoms with Gasteiger partial charge in [0.1, 0.15) is 28.3 Å². The van der Waals surface area contributed by atoms with Crippen LogP contribution < -0.4 is 10.9 Å². The number of phenolic OH excluding ortho intramolecular Hbond substituents is 1. The molecule has 1 N–H and O–H groups in total. The topological polar surface area (TPSA) is 93.8 Å². The molecule has 4 aromatic carbocycles. The van der Waals surface area contributed by atoms with Crippen molar-refractivity contribution in [2.75, 3.05) is 0 Å². The van der Waals surface area contributed by atoms with Crippen LogP contribution in [0.25, 0.3) is 55.4 Å². The van der Waals surface area contributed by atoms with Crippen LogP contribution in [-0.2, 0) is 0 Å². The van der Waals surface area contributed by atoms with Crippen molar-refractivity contribution in [3.05, 3.63) is 120 Å². The van der Waals surface area contributed by atoms with Gasteiger partial charge in [-0.25, -0.2) is 0 Å². The van der Waals surface area contributed by atoms with Crippen LogP contribution >= 0.6 is 31.9 Å². The summed E-state index contributed by atoms with van der Waals surface area (Å²) in [5.74, 6) is 0.420. The second-order valence-electron chi connectivity index (χ2n) is 8.46. The van der Waals surface area contributed by atoms with Gasteiger partial charge in [-0.05, 0) is 60.7 Å². The number of hydrogen-bond donors (Lipinski definition) is 1. The third-order valence-corrected chi connectivity index (χ3v) is 7.00. The number of hydrogen-bond acceptors (Lipinski definition) is 6. The SMILES string of the molecule is O=c1c2ccccc2oc2c1oc1ccc(Br)cc12.O=c1cc(-c2cc(Br)ccc2O)oc2ccccc12. The molecule has 0 saturated heterocycles. The fraction of sp³-hybridized carbons (Fsp3) is 0. The van der Waals surface area contributed by atoms with Gasteiger partial charge in [-0.3, -0.25) is 9.59 Å². The van der Waals surface area contributed by atoms with Gasteiger partial charge in [-0.15, -0.1) is 0 Å². The second kappa shape index (κ2) is 9.63. The number of rotatable bonds is 1. The average Bonchev–Trinajstić information content (AvgIpc) is 3.28. The van der Waals surface area contributed by atoms with Crippen molar-refractivity contribution in [3.8, 4) is 17.1 Å². The predicted octanol–water partition coefficient (Wildman–Crippen LogP) is 8.38. The van der Waals surface area contributed by atoms with Gasteiger partial charge >= 0.3 is 0 Å². The predicted molar refractivity (Wildman–Crippen MR) is 155 cm³/mol. The van der Waals surface area contributed by atoms with Gasteiger partial charge in [0.2, 0.25) is 11.0 Å². The molecule has 0 unspecified atom stereocenters. The molecule has 0 atom stereocenters. The summed E-state index contributed by atoms with van der Waals surface area (Å²) < 4.78 is 18.8. The third kappa shape index (κ3) is 4.31. The number of para-hydroxylation sites is 2. The lowest BCUT2D eigenvalue weighted by Gasteiger charge is -2.05. The van der Waals surface area contributed by atoms with E-state index in [0.29, 0.717) is 44.4 Å². The minimum absolute atomic E-state index is 0.0710. The number of aromatic hydroxyl groups is 1. The summed E-state index contributed by atoms with van der Waals surface area (Å²) in [5, 5.41) is 11.7. The zero-order valence-corrected chi connectivity index (χ0v) is 22.6. The van der Waals surface area contributed by atoms with E-state index in [1.807, 2.05) is 30.3 Å². The first-order chi connectivity index (χ1) is 18.4. The van der Waals surface area contributed by atoms with E-state index in [0.717, 1.165) is 14.3 Å². The molecule has 0 aliphatic heterocycles. The van der Waals surface area contributed by atoms with Crippen molar-refractivity contribution in [3.63, 3.8) is 0 Å². The molecule has 0 saturated carbocycles. The van der Waals surface area contributed by atoms with Crippen molar-refractivity contribution >= 4 is 75.9 Å². The van der Waals surface area contributed by atoms with Gasteiger partial charge in [-0.2, -0.15) is 0 Å². The Labute approximate surface area is 231 Å². The average molecular weight is 632 g/mol. The van der Waals surface area contributed by atoms with Crippen LogP contribution in [0.5, 0.6) is 5.75 Å². The lowest BCUT2D eigenvalue weighted by molar-refractivity contribution is 0.474. The molecule has 0 aliphatic carbocycles. The number of benzene rings is 4. The van der Waals surface area contributed by atoms with Gasteiger partial charge in [0.25, 0.3) is 0 Å². The molecule has 8 heteroatoms. The molecule has 0 radical (unpaired) electrons. The quantitative estimate of drug-likeness (QED) is 0.196. The summed E-state index contributed by atoms with van der Waals surface area (Å²) in [6.07, 6.45) is 0. The Morgan fingerprint density at radius 1 is 0.579 bits per heavy atom. The fourth-order valence-electron chi connectivity index (χ4n) is 4.22. The highest BCUT2D eigenvalue weighted by Gasteiger charge is 2.15. The maximum atomic E-state index is 12.4. The maximum Gasteiger partial charge on any atom is 0.235 e. The van der Waals surface area contributed by atoms with Crippen LogP contribution in [0, 0.1) is 0 Å². The molecule has 38 heavy (non-hydrogen) atoms. The van der Waals surface area contributed by atoms with Crippen LogP contribution in [0.4, 0.5) is 0 Å². The summed E-state index contributed by atoms with van der Waals surface area (Å²) in [6.45, 7) is 0. The monoisotopic (exact) mass is 630 g/mol. The maximum absolute atomic E-state index is 12.4. The molecule has 7 aromatic rings. The van der Waals surface area contributed by atoms with Crippen molar-refractivity contribution in [2.24, 2.45) is 0 Å². The number of furan rings is 1. The molecule has 3 aromatic heterocycles. The van der Waals surface area contributed by atoms with E-state index >= 15 is 0 Å². The van der Waals surface area contributed by atoms with Crippen LogP contribution in [0.3, 0.4) is 0 Å². The number of fused-ring (bicyclic) bond motifs is 5. The second-order valence-corrected chi connectivity index (χ2v) is 10.3. The van der Waals surface area contributed by atoms with Crippen LogP contribution in [0.1, 0.15) is 0 Å². The molecule has 3 heterocycles. The van der Waals surface area contributed by atoms with Gasteiger partial charge < -0.3 is 18.4 Å². The summed E-state index contributed by atoms with van der Waals surface area (Å²) >= 11 is 6.74. The van der Waals surface area contributed by atoms with E-state index in [1.165, 1.54) is 6.07 Å². The van der Waals surface area contributed by atoms with Crippen LogP contribution in [0.15, 0.2) is 123 Å². The van der Waals surface area contributed by atoms with Crippen LogP contribution in [-0.4, -0.2) is 5.11 Å². The Hall–Kier alpha value is -4.14. The molecule has 0 bridgehead atoms. The molecular formula is C30H16Br2O6. The molecule has 186 valence electrons. The highest BCUT2D eigenvalue weighted by atomic mass is 79.9. The summed E-state index contributed by atoms with van der Waals surface area (Å²) in [4.78, 5) is 24.4. The van der Waals surface area contributed by atoms with Gasteiger partial charge in [0.15, 0.2) is 11.0 Å². The van der Waals surface area contributed by atoms with E-state index < -0.39 is 0 Å². The molecule has 6 nitrogen and oxygen atoms in total. The largest absolute Gasteiger partial charge is 0.507 e. The van der Waals surface area contributed by atoms with Gasteiger partial charge in [0, 0.05) is 15.0 Å². The van der Waals surface area contributed by atoms with Crippen molar-refractivity contribution in [2.45, 2.75) is 0 Å². The normalized spacial score (nSPS) is 11.2. The first kappa shape index (κ1) is 24.2. The molecule has 7 rings (SSSR count). The lowest BCUT2D eigenvalue weighted by atomic mass is 10.1. The smallest absolute Gasteiger partial charge is 0.235 e. The highest BCUT2D eigenvalue weighted by molar-refractivity contribution is 9.10. The van der Waals surface area contributed by atoms with E-state index in [9.17, 15) is 14.7 Å². The third-order valence-electron chi connectivity index (χ3n) is 6.01. The summed E-state index contributed by atoms with van der Waals surface area (Å²) in [5.41, 5.74) is 2.71. The number of halogens is 2. The Balaban J connectivity index is 0.000000139. The van der Waals surface area contributed by atoms with Crippen LogP contribution in [0.2, 0.25) is 0 Å². The van der Waals surface area contributed by atoms with E-state index in [4.69, 9.17) is 13.3 Å². The van der Waals surface area contributed by atoms with Crippen molar-refractivity contribution < 1.29 is 18.4 Å². The molecule has 0 spiro atoms. The van der Waals surface area contributed by atoms with Gasteiger partial charge in [0.05, 0.1) is 21.7 Å². The molecular weight excluding hydrogens is 616 g/mol. The minimum atomic E-state index is -0.135. The van der Waals surface area contributed by atoms with E-state index in [1.54, 1.807) is 54.6 Å². The highest BCUT2D eigenvalue weighted by Crippen LogP contribution is 2.33. The fourth-order valence-corrected chi connectivity index (χ4v) is 4.94. The summed E-state index contributed by atoms with van der Waals surface area (Å²) in [7, 11) is 0. The Morgan fingerprint density at radius 3 is 1.97 bits per heavy atom. The zero-order valence-electron chi connectivity index (χ0n) is 19.4. The van der Waals surface area contributed by atoms with Crippen molar-refractivity contribution in [1.82, 2.24) is 0 Å². The molecule has 0 amide bonds. The van der Waals surface area contributed by atoms with Gasteiger partial charge in [-0.1, -0.05) is 56.1 Å². The lowest BCUT2D eigenvalue weighted by Crippen LogP contribution is -1.99. The first-order valence-electron chi connectivity index (χ1n) is 11.4. The molecule has 0 fully saturated rings. The Morgan fingerprint density at radius 2 is 1.18 bits per heavy atom. The first-order valence-corrected chi connectivity index (χ1v) is 13.0. The van der Waals surface area contributed by atoms with E-state index in [2.05, 4.69) is 31.9 Å². The van der Waals surface area contributed by atoms with E-state index in [-0.39, 0.29) is 22.2 Å². The Kier molecular flexibility index (Phi) is 6.13.